The van der Waals surface area contributed by atoms with Crippen molar-refractivity contribution in [2.45, 2.75) is 369 Å². The van der Waals surface area contributed by atoms with Gasteiger partial charge in [-0.05, 0) is 43.4 Å². The molecular weight excluding hydrogens is 1170 g/mol. The van der Waals surface area contributed by atoms with Gasteiger partial charge in [0.2, 0.25) is 0 Å². The van der Waals surface area contributed by atoms with E-state index in [2.05, 4.69) is 48.5 Å². The minimum atomic E-state index is -4.95. The van der Waals surface area contributed by atoms with Gasteiger partial charge in [-0.3, -0.25) is 37.3 Å². The van der Waals surface area contributed by atoms with E-state index in [1.807, 2.05) is 0 Å². The van der Waals surface area contributed by atoms with Gasteiger partial charge in [0.1, 0.15) is 19.3 Å². The molecule has 0 aromatic rings. The summed E-state index contributed by atoms with van der Waals surface area (Å²) in [5.41, 5.74) is 0. The number of phosphoric acid groups is 2. The van der Waals surface area contributed by atoms with Gasteiger partial charge in [0.15, 0.2) is 12.2 Å². The summed E-state index contributed by atoms with van der Waals surface area (Å²) >= 11 is 0. The molecule has 5 unspecified atom stereocenters. The van der Waals surface area contributed by atoms with Gasteiger partial charge in [-0.2, -0.15) is 0 Å². The lowest BCUT2D eigenvalue weighted by molar-refractivity contribution is -0.161. The quantitative estimate of drug-likeness (QED) is 0.0222. The molecule has 0 saturated carbocycles. The Morgan fingerprint density at radius 3 is 0.798 bits per heavy atom. The SMILES string of the molecule is CCCCCCCCCCCC(=O)OC[C@H](COP(=O)(O)OC[C@H](O)COP(=O)(O)OC[C@@H](COC(=O)CCCCCCCCCCC(C)CC)OC(=O)CCCCCCCCCCCCCCCCC(C)CC)OC(=O)CCCCCCCCC(C)CC. The second-order valence-electron chi connectivity index (χ2n) is 26.0. The molecule has 89 heavy (non-hydrogen) atoms. The molecular formula is C70H136O17P2. The van der Waals surface area contributed by atoms with E-state index in [0.29, 0.717) is 25.7 Å². The molecule has 0 amide bonds. The topological polar surface area (TPSA) is 237 Å². The highest BCUT2D eigenvalue weighted by Gasteiger charge is 2.30. The van der Waals surface area contributed by atoms with Gasteiger partial charge in [0.25, 0.3) is 0 Å². The molecule has 8 atom stereocenters. The van der Waals surface area contributed by atoms with Gasteiger partial charge in [0.05, 0.1) is 26.4 Å². The smallest absolute Gasteiger partial charge is 0.462 e. The van der Waals surface area contributed by atoms with E-state index < -0.39 is 97.5 Å². The van der Waals surface area contributed by atoms with Crippen molar-refractivity contribution in [3.8, 4) is 0 Å². The first-order valence-electron chi connectivity index (χ1n) is 36.5. The number of carbonyl (C=O) groups is 4. The lowest BCUT2D eigenvalue weighted by atomic mass is 9.99. The summed E-state index contributed by atoms with van der Waals surface area (Å²) < 4.78 is 68.2. The first kappa shape index (κ1) is 87.1. The lowest BCUT2D eigenvalue weighted by Crippen LogP contribution is -2.30. The third kappa shape index (κ3) is 60.7. The lowest BCUT2D eigenvalue weighted by Gasteiger charge is -2.21. The van der Waals surface area contributed by atoms with Crippen LogP contribution in [0.4, 0.5) is 0 Å². The summed E-state index contributed by atoms with van der Waals surface area (Å²) in [7, 11) is -9.90. The summed E-state index contributed by atoms with van der Waals surface area (Å²) in [5.74, 6) is 0.213. The van der Waals surface area contributed by atoms with Crippen molar-refractivity contribution in [3.05, 3.63) is 0 Å². The van der Waals surface area contributed by atoms with Crippen molar-refractivity contribution in [2.75, 3.05) is 39.6 Å². The summed E-state index contributed by atoms with van der Waals surface area (Å²) in [6, 6.07) is 0. The number of rotatable bonds is 68. The molecule has 0 fully saturated rings. The molecule has 0 spiro atoms. The van der Waals surface area contributed by atoms with Crippen LogP contribution in [0.25, 0.3) is 0 Å². The minimum Gasteiger partial charge on any atom is -0.462 e. The van der Waals surface area contributed by atoms with E-state index in [0.717, 1.165) is 108 Å². The average Bonchev–Trinajstić information content (AvgIpc) is 3.73. The minimum absolute atomic E-state index is 0.103. The van der Waals surface area contributed by atoms with Crippen LogP contribution < -0.4 is 0 Å². The molecule has 0 aromatic heterocycles. The Morgan fingerprint density at radius 2 is 0.539 bits per heavy atom. The van der Waals surface area contributed by atoms with Gasteiger partial charge in [-0.15, -0.1) is 0 Å². The van der Waals surface area contributed by atoms with Gasteiger partial charge >= 0.3 is 39.5 Å². The summed E-state index contributed by atoms with van der Waals surface area (Å²) in [6.07, 6.45) is 44.4. The molecule has 528 valence electrons. The standard InChI is InChI=1S/C70H136O17P2/c1-8-12-13-14-15-22-29-37-44-51-67(72)80-58-66(87-70(75)54-47-40-33-32-36-43-50-63(7)11-4)60-85-89(78,79)83-56-64(71)55-82-88(76,77)84-59-65(57-81-68(73)52-45-38-30-26-25-28-35-42-49-62(6)10-3)86-69(74)53-46-39-31-24-21-19-17-16-18-20-23-27-34-41-48-61(5)9-2/h61-66,71H,8-60H2,1-7H3,(H,76,77)(H,78,79)/t61?,62?,63?,64-,65-,66-/m1/s1. The molecule has 0 aliphatic carbocycles. The molecule has 0 rings (SSSR count). The Kier molecular flexibility index (Phi) is 59.6. The molecule has 0 saturated heterocycles. The second-order valence-corrected chi connectivity index (χ2v) is 28.9. The van der Waals surface area contributed by atoms with Crippen LogP contribution in [0.1, 0.15) is 350 Å². The van der Waals surface area contributed by atoms with Crippen molar-refractivity contribution < 1.29 is 80.2 Å². The highest BCUT2D eigenvalue weighted by Crippen LogP contribution is 2.45. The van der Waals surface area contributed by atoms with E-state index in [-0.39, 0.29) is 25.7 Å². The van der Waals surface area contributed by atoms with Gasteiger partial charge in [-0.25, -0.2) is 9.13 Å². The van der Waals surface area contributed by atoms with Crippen LogP contribution >= 0.6 is 15.6 Å². The Morgan fingerprint density at radius 1 is 0.315 bits per heavy atom. The van der Waals surface area contributed by atoms with E-state index in [9.17, 15) is 43.2 Å². The van der Waals surface area contributed by atoms with Crippen LogP contribution in [0.5, 0.6) is 0 Å². The molecule has 0 bridgehead atoms. The van der Waals surface area contributed by atoms with E-state index in [1.54, 1.807) is 0 Å². The number of unbranched alkanes of at least 4 members (excludes halogenated alkanes) is 33. The maximum Gasteiger partial charge on any atom is 0.472 e. The molecule has 0 aliphatic heterocycles. The third-order valence-corrected chi connectivity index (χ3v) is 19.1. The normalized spacial score (nSPS) is 15.1. The van der Waals surface area contributed by atoms with Crippen LogP contribution in [0.2, 0.25) is 0 Å². The summed E-state index contributed by atoms with van der Waals surface area (Å²) in [6.45, 7) is 11.8. The number of aliphatic hydroxyl groups excluding tert-OH is 1. The molecule has 0 aromatic carbocycles. The third-order valence-electron chi connectivity index (χ3n) is 17.2. The zero-order chi connectivity index (χ0) is 65.9. The molecule has 0 heterocycles. The maximum atomic E-state index is 13.0. The van der Waals surface area contributed by atoms with Crippen molar-refractivity contribution >= 4 is 39.5 Å². The van der Waals surface area contributed by atoms with E-state index in [1.165, 1.54) is 161 Å². The van der Waals surface area contributed by atoms with Gasteiger partial charge in [-0.1, -0.05) is 299 Å². The van der Waals surface area contributed by atoms with Crippen molar-refractivity contribution in [3.63, 3.8) is 0 Å². The first-order valence-corrected chi connectivity index (χ1v) is 39.5. The van der Waals surface area contributed by atoms with Gasteiger partial charge in [0, 0.05) is 25.7 Å². The highest BCUT2D eigenvalue weighted by atomic mass is 31.2. The predicted molar refractivity (Wildman–Crippen MR) is 358 cm³/mol. The molecule has 19 heteroatoms. The van der Waals surface area contributed by atoms with Crippen LogP contribution in [-0.2, 0) is 65.4 Å². The summed E-state index contributed by atoms with van der Waals surface area (Å²) in [5, 5.41) is 10.6. The zero-order valence-corrected chi connectivity index (χ0v) is 59.7. The predicted octanol–water partition coefficient (Wildman–Crippen LogP) is 19.8. The number of hydrogen-bond donors (Lipinski definition) is 3. The molecule has 3 N–H and O–H groups in total. The van der Waals surface area contributed by atoms with Crippen molar-refractivity contribution in [2.24, 2.45) is 17.8 Å². The zero-order valence-electron chi connectivity index (χ0n) is 57.9. The number of ether oxygens (including phenoxy) is 4. The summed E-state index contributed by atoms with van der Waals surface area (Å²) in [4.78, 5) is 72.5. The Labute approximate surface area is 543 Å². The highest BCUT2D eigenvalue weighted by molar-refractivity contribution is 7.47. The van der Waals surface area contributed by atoms with Crippen LogP contribution in [0.3, 0.4) is 0 Å². The molecule has 0 radical (unpaired) electrons. The van der Waals surface area contributed by atoms with E-state index in [4.69, 9.17) is 37.0 Å². The maximum absolute atomic E-state index is 13.0. The number of esters is 4. The van der Waals surface area contributed by atoms with Crippen LogP contribution in [0, 0.1) is 17.8 Å². The van der Waals surface area contributed by atoms with Crippen LogP contribution in [0.15, 0.2) is 0 Å². The van der Waals surface area contributed by atoms with Gasteiger partial charge < -0.3 is 33.8 Å². The Hall–Kier alpha value is -1.94. The monoisotopic (exact) mass is 1310 g/mol. The molecule has 0 aliphatic rings. The van der Waals surface area contributed by atoms with Crippen molar-refractivity contribution in [1.29, 1.82) is 0 Å². The molecule has 17 nitrogen and oxygen atoms in total. The number of aliphatic hydroxyl groups is 1. The Bertz CT molecular complexity index is 1760. The number of carbonyl (C=O) groups excluding carboxylic acids is 4. The van der Waals surface area contributed by atoms with E-state index >= 15 is 0 Å². The van der Waals surface area contributed by atoms with Crippen molar-refractivity contribution in [1.82, 2.24) is 0 Å². The Balaban J connectivity index is 5.23. The fourth-order valence-electron chi connectivity index (χ4n) is 10.4. The largest absolute Gasteiger partial charge is 0.472 e. The average molecular weight is 1310 g/mol. The number of hydrogen-bond acceptors (Lipinski definition) is 15. The second kappa shape index (κ2) is 61.0. The fraction of sp³-hybridized carbons (Fsp3) is 0.943. The number of phosphoric ester groups is 2. The fourth-order valence-corrected chi connectivity index (χ4v) is 12.0. The van der Waals surface area contributed by atoms with Crippen LogP contribution in [-0.4, -0.2) is 96.7 Å². The first-order chi connectivity index (χ1) is 42.8.